The summed E-state index contributed by atoms with van der Waals surface area (Å²) in [6.45, 7) is 8.04. The van der Waals surface area contributed by atoms with Crippen LogP contribution < -0.4 is 15.0 Å². The highest BCUT2D eigenvalue weighted by Crippen LogP contribution is 2.35. The van der Waals surface area contributed by atoms with Crippen LogP contribution in [0.2, 0.25) is 0 Å². The number of thiophene rings is 1. The SMILES string of the molecule is COCc1nc(OC)c2c(C)c(C(=O)Nc3ccc(N4CC(C)OC(C)C4)cc3)sc2n1. The third-order valence-corrected chi connectivity index (χ3v) is 6.57. The summed E-state index contributed by atoms with van der Waals surface area (Å²) in [5.41, 5.74) is 2.66. The lowest BCUT2D eigenvalue weighted by atomic mass is 10.2. The topological polar surface area (TPSA) is 85.8 Å². The average Bonchev–Trinajstić information content (AvgIpc) is 3.10. The lowest BCUT2D eigenvalue weighted by molar-refractivity contribution is -0.00521. The van der Waals surface area contributed by atoms with Gasteiger partial charge in [-0.25, -0.2) is 4.98 Å². The molecule has 1 saturated heterocycles. The minimum Gasteiger partial charge on any atom is -0.480 e. The summed E-state index contributed by atoms with van der Waals surface area (Å²) < 4.78 is 16.4. The largest absolute Gasteiger partial charge is 0.480 e. The van der Waals surface area contributed by atoms with E-state index in [9.17, 15) is 4.79 Å². The van der Waals surface area contributed by atoms with Gasteiger partial charge in [-0.15, -0.1) is 11.3 Å². The summed E-state index contributed by atoms with van der Waals surface area (Å²) in [6.07, 6.45) is 0.386. The Kier molecular flexibility index (Phi) is 6.59. The van der Waals surface area contributed by atoms with Crippen LogP contribution >= 0.6 is 11.3 Å². The molecule has 1 fully saturated rings. The summed E-state index contributed by atoms with van der Waals surface area (Å²) in [6, 6.07) is 7.92. The van der Waals surface area contributed by atoms with Gasteiger partial charge in [0.15, 0.2) is 5.82 Å². The lowest BCUT2D eigenvalue weighted by Gasteiger charge is -2.36. The van der Waals surface area contributed by atoms with E-state index in [-0.39, 0.29) is 24.7 Å². The van der Waals surface area contributed by atoms with Crippen molar-refractivity contribution in [2.24, 2.45) is 0 Å². The van der Waals surface area contributed by atoms with Crippen LogP contribution in [0.15, 0.2) is 24.3 Å². The molecule has 0 saturated carbocycles. The zero-order valence-corrected chi connectivity index (χ0v) is 19.8. The Morgan fingerprint density at radius 1 is 1.19 bits per heavy atom. The first-order valence-electron chi connectivity index (χ1n) is 10.5. The number of aryl methyl sites for hydroxylation is 1. The number of ether oxygens (including phenoxy) is 3. The molecule has 0 aliphatic carbocycles. The van der Waals surface area contributed by atoms with Crippen molar-refractivity contribution in [3.8, 4) is 5.88 Å². The number of rotatable bonds is 6. The first-order valence-corrected chi connectivity index (χ1v) is 11.4. The summed E-state index contributed by atoms with van der Waals surface area (Å²) in [5.74, 6) is 0.794. The molecule has 32 heavy (non-hydrogen) atoms. The second kappa shape index (κ2) is 9.40. The predicted molar refractivity (Wildman–Crippen MR) is 126 cm³/mol. The number of carbonyl (C=O) groups excluding carboxylic acids is 1. The minimum atomic E-state index is -0.179. The van der Waals surface area contributed by atoms with Crippen molar-refractivity contribution in [2.45, 2.75) is 39.6 Å². The average molecular weight is 457 g/mol. The van der Waals surface area contributed by atoms with Crippen molar-refractivity contribution in [1.29, 1.82) is 0 Å². The normalized spacial score (nSPS) is 18.7. The van der Waals surface area contributed by atoms with Gasteiger partial charge >= 0.3 is 0 Å². The number of aromatic nitrogens is 2. The van der Waals surface area contributed by atoms with Crippen LogP contribution in [0.4, 0.5) is 11.4 Å². The van der Waals surface area contributed by atoms with E-state index in [2.05, 4.69) is 34.0 Å². The van der Waals surface area contributed by atoms with Crippen LogP contribution in [0.25, 0.3) is 10.2 Å². The number of hydrogen-bond donors (Lipinski definition) is 1. The standard InChI is InChI=1S/C23H28N4O4S/c1-13-10-27(11-14(2)31-13)17-8-6-16(7-9-17)24-21(28)20-15(3)19-22(30-5)25-18(12-29-4)26-23(19)32-20/h6-9,13-14H,10-12H2,1-5H3,(H,24,28). The summed E-state index contributed by atoms with van der Waals surface area (Å²) >= 11 is 1.33. The number of hydrogen-bond acceptors (Lipinski definition) is 8. The van der Waals surface area contributed by atoms with Crippen molar-refractivity contribution in [3.05, 3.63) is 40.5 Å². The van der Waals surface area contributed by atoms with E-state index in [1.807, 2.05) is 31.2 Å². The molecule has 2 aromatic heterocycles. The van der Waals surface area contributed by atoms with Crippen LogP contribution in [0.3, 0.4) is 0 Å². The maximum absolute atomic E-state index is 13.0. The molecule has 9 heteroatoms. The number of fused-ring (bicyclic) bond motifs is 1. The molecule has 4 rings (SSSR count). The van der Waals surface area contributed by atoms with E-state index in [1.165, 1.54) is 11.3 Å². The molecule has 2 atom stereocenters. The minimum absolute atomic E-state index is 0.179. The Morgan fingerprint density at radius 2 is 1.88 bits per heavy atom. The van der Waals surface area contributed by atoms with Gasteiger partial charge in [-0.2, -0.15) is 4.98 Å². The van der Waals surface area contributed by atoms with E-state index >= 15 is 0 Å². The van der Waals surface area contributed by atoms with E-state index < -0.39 is 0 Å². The molecular formula is C23H28N4O4S. The smallest absolute Gasteiger partial charge is 0.266 e. The molecule has 0 bridgehead atoms. The van der Waals surface area contributed by atoms with Crippen molar-refractivity contribution in [1.82, 2.24) is 9.97 Å². The van der Waals surface area contributed by atoms with Gasteiger partial charge in [-0.3, -0.25) is 4.79 Å². The van der Waals surface area contributed by atoms with Crippen LogP contribution in [0, 0.1) is 6.92 Å². The monoisotopic (exact) mass is 456 g/mol. The van der Waals surface area contributed by atoms with Crippen LogP contribution in [-0.4, -0.2) is 55.4 Å². The fourth-order valence-electron chi connectivity index (χ4n) is 4.03. The summed E-state index contributed by atoms with van der Waals surface area (Å²) in [5, 5.41) is 3.76. The van der Waals surface area contributed by atoms with E-state index in [0.29, 0.717) is 21.4 Å². The lowest BCUT2D eigenvalue weighted by Crippen LogP contribution is -2.45. The van der Waals surface area contributed by atoms with Gasteiger partial charge in [-0.1, -0.05) is 0 Å². The quantitative estimate of drug-likeness (QED) is 0.600. The Hall–Kier alpha value is -2.75. The van der Waals surface area contributed by atoms with Gasteiger partial charge in [0.1, 0.15) is 11.4 Å². The number of anilines is 2. The maximum Gasteiger partial charge on any atom is 0.266 e. The first kappa shape index (κ1) is 22.4. The van der Waals surface area contributed by atoms with Crippen molar-refractivity contribution < 1.29 is 19.0 Å². The first-order chi connectivity index (χ1) is 15.4. The predicted octanol–water partition coefficient (Wildman–Crippen LogP) is 4.02. The number of methoxy groups -OCH3 is 2. The Labute approximate surface area is 191 Å². The molecule has 1 aromatic carbocycles. The van der Waals surface area contributed by atoms with Gasteiger partial charge in [0.05, 0.1) is 29.6 Å². The number of carbonyl (C=O) groups is 1. The second-order valence-electron chi connectivity index (χ2n) is 7.98. The summed E-state index contributed by atoms with van der Waals surface area (Å²) in [4.78, 5) is 25.6. The second-order valence-corrected chi connectivity index (χ2v) is 8.98. The number of nitrogens with one attached hydrogen (secondary N) is 1. The zero-order valence-electron chi connectivity index (χ0n) is 19.0. The number of amides is 1. The Balaban J connectivity index is 1.54. The zero-order chi connectivity index (χ0) is 22.8. The Bertz CT molecular complexity index is 1110. The molecule has 0 radical (unpaired) electrons. The molecule has 1 aliphatic heterocycles. The highest BCUT2D eigenvalue weighted by Gasteiger charge is 2.23. The molecule has 170 valence electrons. The highest BCUT2D eigenvalue weighted by atomic mass is 32.1. The molecule has 1 N–H and O–H groups in total. The van der Waals surface area contributed by atoms with E-state index in [1.54, 1.807) is 14.2 Å². The molecule has 0 spiro atoms. The van der Waals surface area contributed by atoms with Crippen LogP contribution in [-0.2, 0) is 16.1 Å². The van der Waals surface area contributed by atoms with Crippen molar-refractivity contribution in [2.75, 3.05) is 37.5 Å². The van der Waals surface area contributed by atoms with Gasteiger partial charge in [0.25, 0.3) is 5.91 Å². The number of morpholine rings is 1. The molecule has 1 aliphatic rings. The maximum atomic E-state index is 13.0. The van der Waals surface area contributed by atoms with E-state index in [0.717, 1.165) is 35.4 Å². The highest BCUT2D eigenvalue weighted by molar-refractivity contribution is 7.20. The van der Waals surface area contributed by atoms with Gasteiger partial charge in [0.2, 0.25) is 5.88 Å². The van der Waals surface area contributed by atoms with Crippen LogP contribution in [0.5, 0.6) is 5.88 Å². The number of nitrogens with zero attached hydrogens (tertiary/aromatic N) is 3. The number of benzene rings is 1. The third kappa shape index (κ3) is 4.55. The third-order valence-electron chi connectivity index (χ3n) is 5.39. The van der Waals surface area contributed by atoms with Gasteiger partial charge < -0.3 is 24.4 Å². The van der Waals surface area contributed by atoms with E-state index in [4.69, 9.17) is 14.2 Å². The van der Waals surface area contributed by atoms with Gasteiger partial charge in [0, 0.05) is 31.6 Å². The van der Waals surface area contributed by atoms with Crippen molar-refractivity contribution in [3.63, 3.8) is 0 Å². The fraction of sp³-hybridized carbons (Fsp3) is 0.435. The molecule has 2 unspecified atom stereocenters. The summed E-state index contributed by atoms with van der Waals surface area (Å²) in [7, 11) is 3.15. The molecular weight excluding hydrogens is 428 g/mol. The molecule has 3 heterocycles. The van der Waals surface area contributed by atoms with Crippen LogP contribution in [0.1, 0.15) is 34.9 Å². The van der Waals surface area contributed by atoms with Gasteiger partial charge in [-0.05, 0) is 50.6 Å². The fourth-order valence-corrected chi connectivity index (χ4v) is 5.12. The van der Waals surface area contributed by atoms with Crippen molar-refractivity contribution >= 4 is 38.8 Å². The molecule has 1 amide bonds. The molecule has 3 aromatic rings. The molecule has 8 nitrogen and oxygen atoms in total. The Morgan fingerprint density at radius 3 is 2.50 bits per heavy atom.